The molecule has 1 heterocycles. The maximum atomic E-state index is 3.36. The summed E-state index contributed by atoms with van der Waals surface area (Å²) >= 11 is 0. The summed E-state index contributed by atoms with van der Waals surface area (Å²) in [6.07, 6.45) is 1.98. The Morgan fingerprint density at radius 1 is 1.27 bits per heavy atom. The molecular weight excluding hydrogens is 184 g/mol. The molecule has 0 aliphatic heterocycles. The van der Waals surface area contributed by atoms with E-state index in [9.17, 15) is 0 Å². The van der Waals surface area contributed by atoms with Crippen LogP contribution in [-0.2, 0) is 0 Å². The van der Waals surface area contributed by atoms with Crippen molar-refractivity contribution in [1.82, 2.24) is 4.98 Å². The van der Waals surface area contributed by atoms with Crippen LogP contribution in [0.2, 0.25) is 0 Å². The fraction of sp³-hybridized carbons (Fsp3) is 0.385. The van der Waals surface area contributed by atoms with Gasteiger partial charge in [0.15, 0.2) is 0 Å². The minimum atomic E-state index is 0.962. The summed E-state index contributed by atoms with van der Waals surface area (Å²) in [5, 5.41) is 4.63. The molecule has 0 aliphatic rings. The van der Waals surface area contributed by atoms with Gasteiger partial charge in [-0.15, -0.1) is 0 Å². The van der Waals surface area contributed by atoms with Gasteiger partial charge in [0.05, 0.1) is 0 Å². The van der Waals surface area contributed by atoms with E-state index in [-0.39, 0.29) is 0 Å². The lowest BCUT2D eigenvalue weighted by molar-refractivity contribution is 1.22. The highest BCUT2D eigenvalue weighted by molar-refractivity contribution is 5.92. The van der Waals surface area contributed by atoms with E-state index in [2.05, 4.69) is 42.3 Å². The van der Waals surface area contributed by atoms with Crippen molar-refractivity contribution in [2.75, 3.05) is 11.9 Å². The Morgan fingerprint density at radius 3 is 2.67 bits per heavy atom. The van der Waals surface area contributed by atoms with Gasteiger partial charge in [-0.3, -0.25) is 0 Å². The summed E-state index contributed by atoms with van der Waals surface area (Å²) in [6, 6.07) is 6.45. The largest absolute Gasteiger partial charge is 0.385 e. The first-order valence-electron chi connectivity index (χ1n) is 5.63. The van der Waals surface area contributed by atoms with E-state index in [1.54, 1.807) is 0 Å². The summed E-state index contributed by atoms with van der Waals surface area (Å²) < 4.78 is 0. The third-order valence-corrected chi connectivity index (χ3v) is 2.18. The number of rotatable bonds is 2. The Kier molecular flexibility index (Phi) is 4.22. The number of fused-ring (bicyclic) bond motifs is 1. The zero-order valence-electron chi connectivity index (χ0n) is 10.0. The van der Waals surface area contributed by atoms with Gasteiger partial charge in [-0.25, -0.2) is 0 Å². The van der Waals surface area contributed by atoms with Crippen LogP contribution in [0.15, 0.2) is 24.4 Å². The first kappa shape index (κ1) is 11.6. The molecule has 0 bridgehead atoms. The van der Waals surface area contributed by atoms with Crippen LogP contribution in [-0.4, -0.2) is 11.5 Å². The Hall–Kier alpha value is -1.44. The minimum absolute atomic E-state index is 0.962. The molecule has 0 saturated carbocycles. The smallest absolute Gasteiger partial charge is 0.0477 e. The molecule has 2 rings (SSSR count). The monoisotopic (exact) mass is 204 g/mol. The fourth-order valence-corrected chi connectivity index (χ4v) is 1.65. The molecule has 0 spiro atoms. The Labute approximate surface area is 91.7 Å². The molecule has 0 amide bonds. The van der Waals surface area contributed by atoms with Crippen molar-refractivity contribution in [3.63, 3.8) is 0 Å². The molecule has 0 fully saturated rings. The van der Waals surface area contributed by atoms with Gasteiger partial charge in [-0.1, -0.05) is 13.8 Å². The minimum Gasteiger partial charge on any atom is -0.385 e. The van der Waals surface area contributed by atoms with E-state index in [0.29, 0.717) is 0 Å². The Balaban J connectivity index is 0.000000531. The first-order valence-corrected chi connectivity index (χ1v) is 5.63. The van der Waals surface area contributed by atoms with Crippen LogP contribution < -0.4 is 5.32 Å². The second-order valence-electron chi connectivity index (χ2n) is 3.28. The molecule has 82 valence electrons. The molecule has 0 radical (unpaired) electrons. The van der Waals surface area contributed by atoms with E-state index in [0.717, 1.165) is 6.54 Å². The SMILES string of the molecule is CC.CCNc1cc(C)cc2[nH]ccc12. The van der Waals surface area contributed by atoms with Crippen molar-refractivity contribution >= 4 is 16.6 Å². The lowest BCUT2D eigenvalue weighted by Crippen LogP contribution is -1.96. The quantitative estimate of drug-likeness (QED) is 0.762. The van der Waals surface area contributed by atoms with Crippen LogP contribution in [0.4, 0.5) is 5.69 Å². The van der Waals surface area contributed by atoms with Crippen molar-refractivity contribution in [2.45, 2.75) is 27.7 Å². The molecule has 15 heavy (non-hydrogen) atoms. The van der Waals surface area contributed by atoms with E-state index in [1.165, 1.54) is 22.2 Å². The van der Waals surface area contributed by atoms with E-state index < -0.39 is 0 Å². The number of nitrogens with one attached hydrogen (secondary N) is 2. The van der Waals surface area contributed by atoms with E-state index in [4.69, 9.17) is 0 Å². The zero-order valence-corrected chi connectivity index (χ0v) is 10.0. The van der Waals surface area contributed by atoms with Gasteiger partial charge >= 0.3 is 0 Å². The van der Waals surface area contributed by atoms with Gasteiger partial charge in [0.1, 0.15) is 0 Å². The van der Waals surface area contributed by atoms with Gasteiger partial charge in [-0.2, -0.15) is 0 Å². The van der Waals surface area contributed by atoms with Crippen molar-refractivity contribution in [2.24, 2.45) is 0 Å². The molecule has 0 unspecified atom stereocenters. The van der Waals surface area contributed by atoms with Crippen LogP contribution >= 0.6 is 0 Å². The number of aromatic amines is 1. The summed E-state index contributed by atoms with van der Waals surface area (Å²) in [7, 11) is 0. The maximum Gasteiger partial charge on any atom is 0.0477 e. The molecule has 2 nitrogen and oxygen atoms in total. The second kappa shape index (κ2) is 5.44. The predicted octanol–water partition coefficient (Wildman–Crippen LogP) is 3.93. The molecule has 1 aromatic carbocycles. The van der Waals surface area contributed by atoms with Crippen molar-refractivity contribution < 1.29 is 0 Å². The zero-order chi connectivity index (χ0) is 11.3. The highest BCUT2D eigenvalue weighted by Gasteiger charge is 2.01. The fourth-order valence-electron chi connectivity index (χ4n) is 1.65. The van der Waals surface area contributed by atoms with Gasteiger partial charge in [0, 0.05) is 29.3 Å². The van der Waals surface area contributed by atoms with Crippen molar-refractivity contribution in [1.29, 1.82) is 0 Å². The first-order chi connectivity index (χ1) is 7.31. The number of aromatic nitrogens is 1. The van der Waals surface area contributed by atoms with Gasteiger partial charge in [0.25, 0.3) is 0 Å². The lowest BCUT2D eigenvalue weighted by atomic mass is 10.1. The average molecular weight is 204 g/mol. The summed E-state index contributed by atoms with van der Waals surface area (Å²) in [5.41, 5.74) is 3.71. The summed E-state index contributed by atoms with van der Waals surface area (Å²) in [5.74, 6) is 0. The predicted molar refractivity (Wildman–Crippen MR) is 68.5 cm³/mol. The topological polar surface area (TPSA) is 27.8 Å². The van der Waals surface area contributed by atoms with E-state index in [1.807, 2.05) is 20.0 Å². The third kappa shape index (κ3) is 2.52. The summed E-state index contributed by atoms with van der Waals surface area (Å²) in [6.45, 7) is 9.19. The number of hydrogen-bond donors (Lipinski definition) is 2. The molecule has 2 N–H and O–H groups in total. The number of anilines is 1. The van der Waals surface area contributed by atoms with Crippen LogP contribution in [0.3, 0.4) is 0 Å². The molecule has 2 aromatic rings. The van der Waals surface area contributed by atoms with E-state index >= 15 is 0 Å². The summed E-state index contributed by atoms with van der Waals surface area (Å²) in [4.78, 5) is 3.22. The Morgan fingerprint density at radius 2 is 2.00 bits per heavy atom. The number of benzene rings is 1. The molecule has 0 aliphatic carbocycles. The average Bonchev–Trinajstić information content (AvgIpc) is 2.69. The van der Waals surface area contributed by atoms with Gasteiger partial charge < -0.3 is 10.3 Å². The lowest BCUT2D eigenvalue weighted by Gasteiger charge is -2.06. The molecular formula is C13H20N2. The third-order valence-electron chi connectivity index (χ3n) is 2.18. The number of hydrogen-bond acceptors (Lipinski definition) is 1. The Bertz CT molecular complexity index is 415. The maximum absolute atomic E-state index is 3.36. The van der Waals surface area contributed by atoms with Crippen LogP contribution in [0, 0.1) is 6.92 Å². The highest BCUT2D eigenvalue weighted by atomic mass is 14.9. The molecule has 0 saturated heterocycles. The molecule has 1 aromatic heterocycles. The highest BCUT2D eigenvalue weighted by Crippen LogP contribution is 2.24. The molecule has 2 heteroatoms. The normalized spacial score (nSPS) is 9.60. The van der Waals surface area contributed by atoms with Crippen LogP contribution in [0.5, 0.6) is 0 Å². The van der Waals surface area contributed by atoms with Crippen LogP contribution in [0.1, 0.15) is 26.3 Å². The standard InChI is InChI=1S/C11H14N2.C2H6/c1-3-12-10-6-8(2)7-11-9(10)4-5-13-11;1-2/h4-7,12-13H,3H2,1-2H3;1-2H3. The van der Waals surface area contributed by atoms with Crippen molar-refractivity contribution in [3.8, 4) is 0 Å². The number of H-pyrrole nitrogens is 1. The van der Waals surface area contributed by atoms with Gasteiger partial charge in [-0.05, 0) is 37.6 Å². The number of aryl methyl sites for hydroxylation is 1. The molecule has 0 atom stereocenters. The second-order valence-corrected chi connectivity index (χ2v) is 3.28. The van der Waals surface area contributed by atoms with Crippen molar-refractivity contribution in [3.05, 3.63) is 30.0 Å². The van der Waals surface area contributed by atoms with Crippen LogP contribution in [0.25, 0.3) is 10.9 Å². The van der Waals surface area contributed by atoms with Gasteiger partial charge in [0.2, 0.25) is 0 Å².